The molecule has 0 saturated carbocycles. The minimum atomic E-state index is -0.269. The van der Waals surface area contributed by atoms with E-state index in [9.17, 15) is 4.79 Å². The number of hydrogen-bond acceptors (Lipinski definition) is 6. The minimum Gasteiger partial charge on any atom is -0.497 e. The van der Waals surface area contributed by atoms with Crippen LogP contribution in [0.2, 0.25) is 0 Å². The third kappa shape index (κ3) is 5.61. The summed E-state index contributed by atoms with van der Waals surface area (Å²) < 4.78 is 16.2. The Balaban J connectivity index is 1.64. The van der Waals surface area contributed by atoms with Crippen LogP contribution in [0.4, 0.5) is 5.13 Å². The molecule has 7 heteroatoms. The number of aromatic nitrogens is 1. The summed E-state index contributed by atoms with van der Waals surface area (Å²) in [6, 6.07) is 13.1. The van der Waals surface area contributed by atoms with Crippen LogP contribution in [0.25, 0.3) is 17.3 Å². The Morgan fingerprint density at radius 1 is 1.07 bits per heavy atom. The molecule has 1 amide bonds. The first-order chi connectivity index (χ1) is 14.5. The van der Waals surface area contributed by atoms with Crippen molar-refractivity contribution in [3.63, 3.8) is 0 Å². The molecule has 0 saturated heterocycles. The molecule has 0 unspecified atom stereocenters. The lowest BCUT2D eigenvalue weighted by atomic mass is 10.1. The van der Waals surface area contributed by atoms with Crippen molar-refractivity contribution in [2.75, 3.05) is 19.5 Å². The van der Waals surface area contributed by atoms with Crippen molar-refractivity contribution in [3.05, 3.63) is 59.5 Å². The molecule has 1 N–H and O–H groups in total. The number of carbonyl (C=O) groups excluding carboxylic acids is 1. The average molecular weight is 425 g/mol. The number of nitrogens with one attached hydrogen (secondary N) is 1. The van der Waals surface area contributed by atoms with Gasteiger partial charge in [0, 0.05) is 28.6 Å². The molecule has 0 bridgehead atoms. The number of hydrogen-bond donors (Lipinski definition) is 1. The van der Waals surface area contributed by atoms with Crippen LogP contribution in [0.3, 0.4) is 0 Å². The van der Waals surface area contributed by atoms with E-state index in [2.05, 4.69) is 10.3 Å². The van der Waals surface area contributed by atoms with Crippen LogP contribution in [0.15, 0.2) is 53.9 Å². The summed E-state index contributed by atoms with van der Waals surface area (Å²) >= 11 is 1.37. The van der Waals surface area contributed by atoms with Gasteiger partial charge in [0.2, 0.25) is 5.91 Å². The maximum atomic E-state index is 12.3. The fourth-order valence-corrected chi connectivity index (χ4v) is 3.43. The second-order valence-corrected chi connectivity index (χ2v) is 7.52. The van der Waals surface area contributed by atoms with Crippen LogP contribution in [0.5, 0.6) is 17.2 Å². The van der Waals surface area contributed by atoms with E-state index in [1.807, 2.05) is 55.6 Å². The maximum absolute atomic E-state index is 12.3. The van der Waals surface area contributed by atoms with Crippen molar-refractivity contribution in [2.45, 2.75) is 20.0 Å². The molecule has 0 aliphatic carbocycles. The zero-order chi connectivity index (χ0) is 21.5. The summed E-state index contributed by atoms with van der Waals surface area (Å²) in [5.41, 5.74) is 2.53. The van der Waals surface area contributed by atoms with Gasteiger partial charge in [-0.3, -0.25) is 10.1 Å². The predicted molar refractivity (Wildman–Crippen MR) is 121 cm³/mol. The van der Waals surface area contributed by atoms with Gasteiger partial charge >= 0.3 is 0 Å². The number of rotatable bonds is 8. The molecule has 30 heavy (non-hydrogen) atoms. The van der Waals surface area contributed by atoms with Gasteiger partial charge in [-0.1, -0.05) is 0 Å². The number of nitrogens with zero attached hydrogens (tertiary/aromatic N) is 1. The van der Waals surface area contributed by atoms with E-state index in [0.717, 1.165) is 22.6 Å². The number of carbonyl (C=O) groups is 1. The van der Waals surface area contributed by atoms with Crippen molar-refractivity contribution >= 4 is 28.5 Å². The van der Waals surface area contributed by atoms with E-state index in [1.54, 1.807) is 26.4 Å². The standard InChI is InChI=1S/C23H24N2O4S/c1-15(2)29-18-9-5-16(6-10-18)20-14-30-23(24-20)25-22(26)12-8-17-7-11-19(27-3)13-21(17)28-4/h5-15H,1-4H3,(H,24,25,26)/b12-8+. The molecule has 0 radical (unpaired) electrons. The van der Waals surface area contributed by atoms with Crippen LogP contribution < -0.4 is 19.5 Å². The lowest BCUT2D eigenvalue weighted by molar-refractivity contribution is -0.111. The largest absolute Gasteiger partial charge is 0.497 e. The van der Waals surface area contributed by atoms with Gasteiger partial charge < -0.3 is 14.2 Å². The molecule has 0 aliphatic rings. The first-order valence-corrected chi connectivity index (χ1v) is 10.3. The van der Waals surface area contributed by atoms with E-state index < -0.39 is 0 Å². The molecule has 1 heterocycles. The van der Waals surface area contributed by atoms with E-state index in [1.165, 1.54) is 17.4 Å². The fourth-order valence-electron chi connectivity index (χ4n) is 2.71. The highest BCUT2D eigenvalue weighted by molar-refractivity contribution is 7.14. The summed E-state index contributed by atoms with van der Waals surface area (Å²) in [4.78, 5) is 16.8. The molecule has 0 spiro atoms. The Morgan fingerprint density at radius 2 is 1.80 bits per heavy atom. The Bertz CT molecular complexity index is 1030. The van der Waals surface area contributed by atoms with Crippen LogP contribution in [0.1, 0.15) is 19.4 Å². The first-order valence-electron chi connectivity index (χ1n) is 9.42. The fraction of sp³-hybridized carbons (Fsp3) is 0.217. The molecule has 2 aromatic carbocycles. The van der Waals surface area contributed by atoms with Crippen LogP contribution >= 0.6 is 11.3 Å². The van der Waals surface area contributed by atoms with Crippen LogP contribution in [-0.4, -0.2) is 31.2 Å². The second kappa shape index (κ2) is 9.93. The number of benzene rings is 2. The van der Waals surface area contributed by atoms with Gasteiger partial charge in [0.25, 0.3) is 0 Å². The highest BCUT2D eigenvalue weighted by Crippen LogP contribution is 2.28. The van der Waals surface area contributed by atoms with Gasteiger partial charge in [0.1, 0.15) is 17.2 Å². The number of methoxy groups -OCH3 is 2. The van der Waals surface area contributed by atoms with Gasteiger partial charge in [-0.15, -0.1) is 11.3 Å². The number of anilines is 1. The summed E-state index contributed by atoms with van der Waals surface area (Å²) in [5.74, 6) is 1.86. The lowest BCUT2D eigenvalue weighted by Crippen LogP contribution is -2.07. The highest BCUT2D eigenvalue weighted by atomic mass is 32.1. The van der Waals surface area contributed by atoms with Crippen molar-refractivity contribution in [1.29, 1.82) is 0 Å². The minimum absolute atomic E-state index is 0.128. The number of thiazole rings is 1. The van der Waals surface area contributed by atoms with Gasteiger partial charge in [0.05, 0.1) is 26.0 Å². The van der Waals surface area contributed by atoms with Gasteiger partial charge in [-0.2, -0.15) is 0 Å². The molecular formula is C23H24N2O4S. The predicted octanol–water partition coefficient (Wildman–Crippen LogP) is 5.27. The highest BCUT2D eigenvalue weighted by Gasteiger charge is 2.08. The molecule has 3 rings (SSSR count). The van der Waals surface area contributed by atoms with E-state index in [0.29, 0.717) is 16.6 Å². The number of amides is 1. The smallest absolute Gasteiger partial charge is 0.250 e. The Morgan fingerprint density at radius 3 is 2.47 bits per heavy atom. The van der Waals surface area contributed by atoms with E-state index >= 15 is 0 Å². The summed E-state index contributed by atoms with van der Waals surface area (Å²) in [6.45, 7) is 3.98. The first kappa shape index (κ1) is 21.4. The Kier molecular flexibility index (Phi) is 7.08. The lowest BCUT2D eigenvalue weighted by Gasteiger charge is -2.09. The molecule has 0 atom stereocenters. The maximum Gasteiger partial charge on any atom is 0.250 e. The zero-order valence-electron chi connectivity index (χ0n) is 17.3. The third-order valence-corrected chi connectivity index (χ3v) is 4.87. The van der Waals surface area contributed by atoms with Crippen molar-refractivity contribution in [2.24, 2.45) is 0 Å². The molecule has 1 aromatic heterocycles. The summed E-state index contributed by atoms with van der Waals surface area (Å²) in [5, 5.41) is 5.23. The average Bonchev–Trinajstić information content (AvgIpc) is 3.20. The van der Waals surface area contributed by atoms with Gasteiger partial charge in [-0.05, 0) is 56.3 Å². The van der Waals surface area contributed by atoms with Crippen molar-refractivity contribution < 1.29 is 19.0 Å². The Hall–Kier alpha value is -3.32. The monoisotopic (exact) mass is 424 g/mol. The van der Waals surface area contributed by atoms with E-state index in [-0.39, 0.29) is 12.0 Å². The molecule has 0 aliphatic heterocycles. The van der Waals surface area contributed by atoms with Crippen LogP contribution in [-0.2, 0) is 4.79 Å². The van der Waals surface area contributed by atoms with Gasteiger partial charge in [0.15, 0.2) is 5.13 Å². The molecule has 6 nitrogen and oxygen atoms in total. The van der Waals surface area contributed by atoms with Crippen LogP contribution in [0, 0.1) is 0 Å². The third-order valence-electron chi connectivity index (χ3n) is 4.11. The molecule has 3 aromatic rings. The molecule has 0 fully saturated rings. The van der Waals surface area contributed by atoms with Crippen molar-refractivity contribution in [1.82, 2.24) is 4.98 Å². The topological polar surface area (TPSA) is 69.7 Å². The SMILES string of the molecule is COc1ccc(/C=C/C(=O)Nc2nc(-c3ccc(OC(C)C)cc3)cs2)c(OC)c1. The zero-order valence-corrected chi connectivity index (χ0v) is 18.2. The normalized spacial score (nSPS) is 11.0. The molecular weight excluding hydrogens is 400 g/mol. The Labute approximate surface area is 180 Å². The second-order valence-electron chi connectivity index (χ2n) is 6.66. The molecule has 156 valence electrons. The number of ether oxygens (including phenoxy) is 3. The summed E-state index contributed by atoms with van der Waals surface area (Å²) in [7, 11) is 3.17. The quantitative estimate of drug-likeness (QED) is 0.499. The van der Waals surface area contributed by atoms with Gasteiger partial charge in [-0.25, -0.2) is 4.98 Å². The van der Waals surface area contributed by atoms with Crippen molar-refractivity contribution in [3.8, 4) is 28.5 Å². The summed E-state index contributed by atoms with van der Waals surface area (Å²) in [6.07, 6.45) is 3.27. The van der Waals surface area contributed by atoms with E-state index in [4.69, 9.17) is 14.2 Å².